The van der Waals surface area contributed by atoms with Crippen LogP contribution in [0.3, 0.4) is 0 Å². The van der Waals surface area contributed by atoms with Gasteiger partial charge in [0.25, 0.3) is 5.56 Å². The molecular weight excluding hydrogens is 293 g/mol. The van der Waals surface area contributed by atoms with Crippen molar-refractivity contribution in [2.45, 2.75) is 24.4 Å². The summed E-state index contributed by atoms with van der Waals surface area (Å²) in [5.74, 6) is -5.72. The van der Waals surface area contributed by atoms with Gasteiger partial charge in [-0.1, -0.05) is 0 Å². The number of halogens is 4. The van der Waals surface area contributed by atoms with Crippen LogP contribution in [0, 0.1) is 5.82 Å². The van der Waals surface area contributed by atoms with Crippen molar-refractivity contribution in [1.29, 1.82) is 0 Å². The van der Waals surface area contributed by atoms with E-state index >= 15 is 0 Å². The molecule has 0 radical (unpaired) electrons. The second-order valence-electron chi connectivity index (χ2n) is 3.94. The molecule has 0 aromatic carbocycles. The molecule has 106 valence electrons. The number of rotatable bonds is 2. The molecule has 1 fully saturated rings. The lowest BCUT2D eigenvalue weighted by molar-refractivity contribution is -0.141. The lowest BCUT2D eigenvalue weighted by Gasteiger charge is -2.20. The van der Waals surface area contributed by atoms with Gasteiger partial charge in [-0.2, -0.15) is 13.2 Å². The second-order valence-corrected chi connectivity index (χ2v) is 4.25. The lowest BCUT2D eigenvalue weighted by Crippen LogP contribution is -2.43. The number of aliphatic hydroxyl groups is 1. The van der Waals surface area contributed by atoms with E-state index in [0.29, 0.717) is 6.20 Å². The van der Waals surface area contributed by atoms with Gasteiger partial charge in [0, 0.05) is 0 Å². The number of aromatic amines is 1. The fourth-order valence-corrected chi connectivity index (χ4v) is 1.97. The summed E-state index contributed by atoms with van der Waals surface area (Å²) in [6.45, 7) is 0. The van der Waals surface area contributed by atoms with Gasteiger partial charge in [-0.25, -0.2) is 4.79 Å². The van der Waals surface area contributed by atoms with Crippen molar-refractivity contribution in [2.24, 2.45) is 0 Å². The third kappa shape index (κ3) is 2.17. The monoisotopic (exact) mass is 300 g/mol. The Morgan fingerprint density at radius 1 is 1.53 bits per heavy atom. The van der Waals surface area contributed by atoms with Gasteiger partial charge in [0.2, 0.25) is 12.0 Å². The molecule has 0 bridgehead atoms. The van der Waals surface area contributed by atoms with E-state index in [4.69, 9.17) is 16.3 Å². The van der Waals surface area contributed by atoms with Gasteiger partial charge in [-0.3, -0.25) is 14.3 Å². The van der Waals surface area contributed by atoms with Crippen molar-refractivity contribution in [3.8, 4) is 0 Å². The van der Waals surface area contributed by atoms with Gasteiger partial charge in [-0.15, -0.1) is 11.6 Å². The first-order chi connectivity index (χ1) is 8.78. The van der Waals surface area contributed by atoms with Crippen LogP contribution >= 0.6 is 11.6 Å². The number of aliphatic hydroxyl groups excluding tert-OH is 1. The largest absolute Gasteiger partial charge is 0.384 e. The smallest absolute Gasteiger partial charge is 0.330 e. The quantitative estimate of drug-likeness (QED) is 0.741. The molecule has 0 saturated carbocycles. The molecule has 0 spiro atoms. The Labute approximate surface area is 108 Å². The number of hydrogen-bond acceptors (Lipinski definition) is 4. The van der Waals surface area contributed by atoms with E-state index in [2.05, 4.69) is 0 Å². The van der Waals surface area contributed by atoms with E-state index < -0.39 is 47.3 Å². The highest BCUT2D eigenvalue weighted by molar-refractivity contribution is 6.18. The number of H-pyrrole nitrogens is 1. The molecule has 0 amide bonds. The first-order valence-electron chi connectivity index (χ1n) is 5.07. The van der Waals surface area contributed by atoms with Crippen LogP contribution in [0.15, 0.2) is 15.8 Å². The molecule has 3 atom stereocenters. The Morgan fingerprint density at radius 3 is 2.68 bits per heavy atom. The molecule has 2 N–H and O–H groups in total. The van der Waals surface area contributed by atoms with Crippen molar-refractivity contribution in [1.82, 2.24) is 9.55 Å². The van der Waals surface area contributed by atoms with Crippen molar-refractivity contribution in [3.63, 3.8) is 0 Å². The Kier molecular flexibility index (Phi) is 3.45. The summed E-state index contributed by atoms with van der Waals surface area (Å²) in [5, 5.41) is 9.32. The molecule has 2 rings (SSSR count). The number of nitrogens with one attached hydrogen (secondary N) is 1. The van der Waals surface area contributed by atoms with Crippen molar-refractivity contribution in [2.75, 3.05) is 5.88 Å². The summed E-state index contributed by atoms with van der Waals surface area (Å²) in [6, 6.07) is 0. The van der Waals surface area contributed by atoms with Crippen LogP contribution in [-0.4, -0.2) is 38.7 Å². The Hall–Kier alpha value is -1.32. The fourth-order valence-electron chi connectivity index (χ4n) is 1.73. The first-order valence-corrected chi connectivity index (χ1v) is 5.60. The maximum Gasteiger partial charge on any atom is 0.330 e. The van der Waals surface area contributed by atoms with Crippen LogP contribution in [0.25, 0.3) is 0 Å². The van der Waals surface area contributed by atoms with Gasteiger partial charge in [0.05, 0.1) is 12.1 Å². The standard InChI is InChI=1S/C9H8ClF3N2O4/c10-1-4-5(16)9(12,13)7(19-4)15-2-3(11)6(17)14-8(15)18/h2,4-5,7,16H,1H2,(H,14,17,18)/t4-,5-,7-/m1/s1. The van der Waals surface area contributed by atoms with Gasteiger partial charge in [0.1, 0.15) is 12.2 Å². The summed E-state index contributed by atoms with van der Waals surface area (Å²) in [6.07, 6.45) is -5.60. The van der Waals surface area contributed by atoms with Crippen LogP contribution in [0.2, 0.25) is 0 Å². The highest BCUT2D eigenvalue weighted by Crippen LogP contribution is 2.42. The van der Waals surface area contributed by atoms with Crippen molar-refractivity contribution < 1.29 is 23.0 Å². The van der Waals surface area contributed by atoms with Crippen LogP contribution < -0.4 is 11.2 Å². The number of aromatic nitrogens is 2. The number of ether oxygens (including phenoxy) is 1. The Morgan fingerprint density at radius 2 is 2.16 bits per heavy atom. The molecule has 0 aliphatic carbocycles. The van der Waals surface area contributed by atoms with Crippen LogP contribution in [0.4, 0.5) is 13.2 Å². The van der Waals surface area contributed by atoms with Crippen molar-refractivity contribution in [3.05, 3.63) is 32.9 Å². The predicted octanol–water partition coefficient (Wildman–Crippen LogP) is -0.192. The number of hydrogen-bond donors (Lipinski definition) is 2. The van der Waals surface area contributed by atoms with E-state index in [1.165, 1.54) is 4.98 Å². The molecule has 1 aliphatic heterocycles. The molecular formula is C9H8ClF3N2O4. The van der Waals surface area contributed by atoms with Crippen molar-refractivity contribution >= 4 is 11.6 Å². The zero-order valence-corrected chi connectivity index (χ0v) is 9.90. The van der Waals surface area contributed by atoms with E-state index in [1.807, 2.05) is 0 Å². The summed E-state index contributed by atoms with van der Waals surface area (Å²) < 4.78 is 45.4. The predicted molar refractivity (Wildman–Crippen MR) is 56.9 cm³/mol. The Bertz CT molecular complexity index is 602. The summed E-state index contributed by atoms with van der Waals surface area (Å²) >= 11 is 5.34. The molecule has 19 heavy (non-hydrogen) atoms. The molecule has 1 aliphatic rings. The summed E-state index contributed by atoms with van der Waals surface area (Å²) in [5.41, 5.74) is -2.62. The Balaban J connectivity index is 2.51. The fraction of sp³-hybridized carbons (Fsp3) is 0.556. The highest BCUT2D eigenvalue weighted by atomic mass is 35.5. The van der Waals surface area contributed by atoms with Gasteiger partial charge in [-0.05, 0) is 0 Å². The minimum absolute atomic E-state index is 0.173. The molecule has 6 nitrogen and oxygen atoms in total. The van der Waals surface area contributed by atoms with E-state index in [0.717, 1.165) is 0 Å². The van der Waals surface area contributed by atoms with Crippen LogP contribution in [0.1, 0.15) is 6.23 Å². The average Bonchev–Trinajstić information content (AvgIpc) is 2.56. The van der Waals surface area contributed by atoms with E-state index in [-0.39, 0.29) is 4.57 Å². The normalized spacial score (nSPS) is 29.6. The highest BCUT2D eigenvalue weighted by Gasteiger charge is 2.59. The molecule has 1 aromatic rings. The molecule has 1 saturated heterocycles. The van der Waals surface area contributed by atoms with Crippen LogP contribution in [-0.2, 0) is 4.74 Å². The molecule has 2 heterocycles. The second kappa shape index (κ2) is 4.66. The topological polar surface area (TPSA) is 84.3 Å². The molecule has 1 aromatic heterocycles. The first kappa shape index (κ1) is 14.1. The third-order valence-electron chi connectivity index (χ3n) is 2.71. The van der Waals surface area contributed by atoms with Gasteiger partial charge >= 0.3 is 11.6 Å². The number of alkyl halides is 3. The van der Waals surface area contributed by atoms with E-state index in [9.17, 15) is 27.9 Å². The van der Waals surface area contributed by atoms with E-state index in [1.54, 1.807) is 0 Å². The van der Waals surface area contributed by atoms with Crippen LogP contribution in [0.5, 0.6) is 0 Å². The summed E-state index contributed by atoms with van der Waals surface area (Å²) in [4.78, 5) is 23.7. The molecule has 0 unspecified atom stereocenters. The van der Waals surface area contributed by atoms with Gasteiger partial charge < -0.3 is 9.84 Å². The number of nitrogens with zero attached hydrogens (tertiary/aromatic N) is 1. The van der Waals surface area contributed by atoms with Gasteiger partial charge in [0.15, 0.2) is 0 Å². The minimum Gasteiger partial charge on any atom is -0.384 e. The zero-order chi connectivity index (χ0) is 14.4. The third-order valence-corrected chi connectivity index (χ3v) is 3.01. The minimum atomic E-state index is -3.85. The summed E-state index contributed by atoms with van der Waals surface area (Å²) in [7, 11) is 0. The SMILES string of the molecule is O=c1[nH]c(=O)n([C@@H]2O[C@H](CCl)[C@@H](O)C2(F)F)cc1F. The molecule has 10 heteroatoms. The average molecular weight is 301 g/mol. The maximum absolute atomic E-state index is 13.7. The zero-order valence-electron chi connectivity index (χ0n) is 9.15. The lowest BCUT2D eigenvalue weighted by atomic mass is 10.1. The maximum atomic E-state index is 13.7.